The molecule has 1 N–H and O–H groups in total. The van der Waals surface area contributed by atoms with Crippen LogP contribution in [0.1, 0.15) is 42.0 Å². The Labute approximate surface area is 269 Å². The molecular formula is C35H38BrN3O4S. The van der Waals surface area contributed by atoms with E-state index in [9.17, 15) is 18.0 Å². The fourth-order valence-corrected chi connectivity index (χ4v) is 6.81. The maximum atomic E-state index is 14.4. The van der Waals surface area contributed by atoms with Crippen LogP contribution in [0.2, 0.25) is 0 Å². The number of rotatable bonds is 12. The van der Waals surface area contributed by atoms with Crippen molar-refractivity contribution in [2.45, 2.75) is 50.6 Å². The molecule has 44 heavy (non-hydrogen) atoms. The van der Waals surface area contributed by atoms with Crippen molar-refractivity contribution in [1.29, 1.82) is 0 Å². The summed E-state index contributed by atoms with van der Waals surface area (Å²) >= 11 is 3.50. The molecule has 0 saturated heterocycles. The van der Waals surface area contributed by atoms with Crippen LogP contribution in [0.15, 0.2) is 112 Å². The van der Waals surface area contributed by atoms with Gasteiger partial charge in [-0.05, 0) is 65.9 Å². The van der Waals surface area contributed by atoms with Gasteiger partial charge in [-0.2, -0.15) is 0 Å². The third-order valence-corrected chi connectivity index (χ3v) is 9.78. The van der Waals surface area contributed by atoms with E-state index in [1.54, 1.807) is 36.4 Å². The number of sulfonamides is 1. The SMILES string of the molecule is CNC(=O)[C@H](Cc1ccccc1)N(Cc1cccc(Br)c1)C(=O)CN(c1ccc(C(C)C)cc1)S(=O)(=O)c1ccc(C)cc1. The van der Waals surface area contributed by atoms with Crippen molar-refractivity contribution in [2.24, 2.45) is 0 Å². The van der Waals surface area contributed by atoms with E-state index in [0.717, 1.165) is 31.0 Å². The number of halogens is 1. The molecule has 0 bridgehead atoms. The van der Waals surface area contributed by atoms with Crippen molar-refractivity contribution in [2.75, 3.05) is 17.9 Å². The molecule has 4 aromatic rings. The molecule has 0 aromatic heterocycles. The number of aryl methyl sites for hydroxylation is 1. The van der Waals surface area contributed by atoms with E-state index in [0.29, 0.717) is 5.69 Å². The molecule has 7 nitrogen and oxygen atoms in total. The second-order valence-electron chi connectivity index (χ2n) is 11.0. The van der Waals surface area contributed by atoms with Crippen LogP contribution in [0.3, 0.4) is 0 Å². The van der Waals surface area contributed by atoms with Gasteiger partial charge in [0.2, 0.25) is 11.8 Å². The van der Waals surface area contributed by atoms with E-state index in [1.807, 2.05) is 73.7 Å². The van der Waals surface area contributed by atoms with Crippen molar-refractivity contribution < 1.29 is 18.0 Å². The Morgan fingerprint density at radius 1 is 0.841 bits per heavy atom. The fraction of sp³-hybridized carbons (Fsp3) is 0.257. The van der Waals surface area contributed by atoms with Crippen LogP contribution in [0.5, 0.6) is 0 Å². The van der Waals surface area contributed by atoms with Gasteiger partial charge in [0.15, 0.2) is 0 Å². The summed E-state index contributed by atoms with van der Waals surface area (Å²) in [7, 11) is -2.61. The second-order valence-corrected chi connectivity index (χ2v) is 13.8. The van der Waals surface area contributed by atoms with Crippen LogP contribution in [0.25, 0.3) is 0 Å². The van der Waals surface area contributed by atoms with E-state index in [1.165, 1.54) is 11.9 Å². The van der Waals surface area contributed by atoms with E-state index in [4.69, 9.17) is 0 Å². The molecule has 0 aliphatic carbocycles. The van der Waals surface area contributed by atoms with E-state index < -0.39 is 28.5 Å². The molecule has 9 heteroatoms. The Kier molecular flexibility index (Phi) is 11.0. The van der Waals surface area contributed by atoms with Crippen LogP contribution in [-0.2, 0) is 32.6 Å². The Morgan fingerprint density at radius 3 is 2.07 bits per heavy atom. The maximum Gasteiger partial charge on any atom is 0.264 e. The first-order valence-corrected chi connectivity index (χ1v) is 16.7. The molecule has 0 saturated carbocycles. The van der Waals surface area contributed by atoms with E-state index in [2.05, 4.69) is 35.1 Å². The normalized spacial score (nSPS) is 12.0. The molecule has 4 aromatic carbocycles. The first kappa shape index (κ1) is 33.0. The van der Waals surface area contributed by atoms with Crippen molar-refractivity contribution in [3.05, 3.63) is 130 Å². The Bertz CT molecular complexity index is 1680. The number of benzene rings is 4. The van der Waals surface area contributed by atoms with Gasteiger partial charge >= 0.3 is 0 Å². The number of anilines is 1. The predicted molar refractivity (Wildman–Crippen MR) is 179 cm³/mol. The quantitative estimate of drug-likeness (QED) is 0.187. The number of nitrogens with one attached hydrogen (secondary N) is 1. The van der Waals surface area contributed by atoms with Crippen LogP contribution in [0.4, 0.5) is 5.69 Å². The Hall–Kier alpha value is -3.95. The van der Waals surface area contributed by atoms with Gasteiger partial charge in [0.1, 0.15) is 12.6 Å². The predicted octanol–water partition coefficient (Wildman–Crippen LogP) is 6.46. The molecule has 0 radical (unpaired) electrons. The molecule has 4 rings (SSSR count). The van der Waals surface area contributed by atoms with Gasteiger partial charge in [-0.15, -0.1) is 0 Å². The van der Waals surface area contributed by atoms with Gasteiger partial charge < -0.3 is 10.2 Å². The summed E-state index contributed by atoms with van der Waals surface area (Å²) in [6.07, 6.45) is 0.258. The van der Waals surface area contributed by atoms with Gasteiger partial charge in [-0.3, -0.25) is 13.9 Å². The molecule has 0 aliphatic heterocycles. The molecule has 0 heterocycles. The minimum Gasteiger partial charge on any atom is -0.357 e. The molecule has 1 atom stereocenters. The summed E-state index contributed by atoms with van der Waals surface area (Å²) in [4.78, 5) is 29.3. The average molecular weight is 677 g/mol. The van der Waals surface area contributed by atoms with Crippen molar-refractivity contribution in [3.63, 3.8) is 0 Å². The highest BCUT2D eigenvalue weighted by Gasteiger charge is 2.34. The number of carbonyl (C=O) groups is 2. The number of hydrogen-bond acceptors (Lipinski definition) is 4. The van der Waals surface area contributed by atoms with Gasteiger partial charge in [0, 0.05) is 24.5 Å². The summed E-state index contributed by atoms with van der Waals surface area (Å²) in [6.45, 7) is 5.62. The first-order chi connectivity index (χ1) is 21.0. The summed E-state index contributed by atoms with van der Waals surface area (Å²) in [5.41, 5.74) is 4.00. The number of amides is 2. The van der Waals surface area contributed by atoms with Gasteiger partial charge in [-0.1, -0.05) is 102 Å². The topological polar surface area (TPSA) is 86.8 Å². The molecule has 0 fully saturated rings. The minimum absolute atomic E-state index is 0.0783. The zero-order chi connectivity index (χ0) is 31.9. The monoisotopic (exact) mass is 675 g/mol. The standard InChI is InChI=1S/C35H38BrN3O4S/c1-25(2)29-15-17-31(18-16-29)39(44(42,43)32-19-13-26(3)14-20-32)24-34(40)38(23-28-11-8-12-30(36)21-28)33(35(41)37-4)22-27-9-6-5-7-10-27/h5-21,25,33H,22-24H2,1-4H3,(H,37,41)/t33-/m0/s1. The number of hydrogen-bond donors (Lipinski definition) is 1. The molecule has 0 unspecified atom stereocenters. The van der Waals surface area contributed by atoms with Crippen molar-refractivity contribution in [3.8, 4) is 0 Å². The molecule has 0 spiro atoms. The maximum absolute atomic E-state index is 14.4. The lowest BCUT2D eigenvalue weighted by Gasteiger charge is -2.33. The lowest BCUT2D eigenvalue weighted by molar-refractivity contribution is -0.139. The smallest absolute Gasteiger partial charge is 0.264 e. The fourth-order valence-electron chi connectivity index (χ4n) is 4.94. The highest BCUT2D eigenvalue weighted by Crippen LogP contribution is 2.27. The van der Waals surface area contributed by atoms with Gasteiger partial charge in [0.25, 0.3) is 10.0 Å². The molecular weight excluding hydrogens is 638 g/mol. The van der Waals surface area contributed by atoms with Crippen molar-refractivity contribution >= 4 is 43.5 Å². The third-order valence-electron chi connectivity index (χ3n) is 7.50. The Morgan fingerprint density at radius 2 is 1.48 bits per heavy atom. The van der Waals surface area contributed by atoms with Gasteiger partial charge in [-0.25, -0.2) is 8.42 Å². The highest BCUT2D eigenvalue weighted by molar-refractivity contribution is 9.10. The molecule has 2 amide bonds. The second kappa shape index (κ2) is 14.7. The largest absolute Gasteiger partial charge is 0.357 e. The zero-order valence-corrected chi connectivity index (χ0v) is 27.8. The molecule has 230 valence electrons. The van der Waals surface area contributed by atoms with Gasteiger partial charge in [0.05, 0.1) is 10.6 Å². The third kappa shape index (κ3) is 8.15. The van der Waals surface area contributed by atoms with Crippen LogP contribution in [-0.4, -0.2) is 44.8 Å². The molecule has 0 aliphatic rings. The van der Waals surface area contributed by atoms with Crippen LogP contribution in [0, 0.1) is 6.92 Å². The summed E-state index contributed by atoms with van der Waals surface area (Å²) in [6, 6.07) is 29.9. The number of carbonyl (C=O) groups excluding carboxylic acids is 2. The average Bonchev–Trinajstić information content (AvgIpc) is 3.01. The lowest BCUT2D eigenvalue weighted by atomic mass is 10.0. The Balaban J connectivity index is 1.79. The van der Waals surface area contributed by atoms with E-state index >= 15 is 0 Å². The summed E-state index contributed by atoms with van der Waals surface area (Å²) in [5.74, 6) is -0.593. The van der Waals surface area contributed by atoms with E-state index in [-0.39, 0.29) is 29.7 Å². The first-order valence-electron chi connectivity index (χ1n) is 14.5. The number of likely N-dealkylation sites (N-methyl/N-ethyl adjacent to an activating group) is 1. The zero-order valence-electron chi connectivity index (χ0n) is 25.4. The minimum atomic E-state index is -4.14. The summed E-state index contributed by atoms with van der Waals surface area (Å²) < 4.78 is 30.3. The lowest BCUT2D eigenvalue weighted by Crippen LogP contribution is -2.53. The van der Waals surface area contributed by atoms with Crippen LogP contribution >= 0.6 is 15.9 Å². The summed E-state index contributed by atoms with van der Waals surface area (Å²) in [5, 5.41) is 2.71. The van der Waals surface area contributed by atoms with Crippen molar-refractivity contribution in [1.82, 2.24) is 10.2 Å². The number of nitrogens with zero attached hydrogens (tertiary/aromatic N) is 2. The van der Waals surface area contributed by atoms with Crippen LogP contribution < -0.4 is 9.62 Å². The highest BCUT2D eigenvalue weighted by atomic mass is 79.9.